The molecule has 17 heavy (non-hydrogen) atoms. The Morgan fingerprint density at radius 3 is 2.59 bits per heavy atom. The van der Waals surface area contributed by atoms with E-state index in [1.807, 2.05) is 18.2 Å². The molecule has 0 radical (unpaired) electrons. The maximum atomic E-state index is 10.9. The average Bonchev–Trinajstić information content (AvgIpc) is 2.26. The van der Waals surface area contributed by atoms with Crippen molar-refractivity contribution in [3.8, 4) is 5.75 Å². The zero-order valence-electron chi connectivity index (χ0n) is 10.6. The Morgan fingerprint density at radius 2 is 2.12 bits per heavy atom. The fourth-order valence-electron chi connectivity index (χ4n) is 1.53. The lowest BCUT2D eigenvalue weighted by molar-refractivity contribution is -0.119. The van der Waals surface area contributed by atoms with Crippen LogP contribution >= 0.6 is 15.9 Å². The first-order valence-electron chi connectivity index (χ1n) is 5.45. The highest BCUT2D eigenvalue weighted by atomic mass is 79.9. The van der Waals surface area contributed by atoms with Gasteiger partial charge < -0.3 is 10.1 Å². The maximum absolute atomic E-state index is 10.9. The van der Waals surface area contributed by atoms with Gasteiger partial charge in [0.2, 0.25) is 5.91 Å². The molecule has 1 rings (SSSR count). The maximum Gasteiger partial charge on any atom is 0.216 e. The Hall–Kier alpha value is -1.03. The molecule has 0 saturated carbocycles. The number of hydrogen-bond acceptors (Lipinski definition) is 2. The number of halogens is 1. The summed E-state index contributed by atoms with van der Waals surface area (Å²) in [7, 11) is 1.64. The van der Waals surface area contributed by atoms with E-state index in [1.165, 1.54) is 6.92 Å². The van der Waals surface area contributed by atoms with Crippen LogP contribution in [0.5, 0.6) is 5.75 Å². The van der Waals surface area contributed by atoms with E-state index in [4.69, 9.17) is 4.74 Å². The number of nitrogens with one attached hydrogen (secondary N) is 1. The first-order valence-corrected chi connectivity index (χ1v) is 6.24. The minimum atomic E-state index is -0.111. The van der Waals surface area contributed by atoms with Crippen LogP contribution in [-0.4, -0.2) is 19.6 Å². The van der Waals surface area contributed by atoms with Gasteiger partial charge in [-0.1, -0.05) is 19.9 Å². The van der Waals surface area contributed by atoms with E-state index < -0.39 is 0 Å². The molecular weight excluding hydrogens is 282 g/mol. The first-order chi connectivity index (χ1) is 7.86. The van der Waals surface area contributed by atoms with Crippen LogP contribution in [0.3, 0.4) is 0 Å². The summed E-state index contributed by atoms with van der Waals surface area (Å²) >= 11 is 3.47. The molecular formula is C13H18BrNO2. The molecule has 0 atom stereocenters. The number of methoxy groups -OCH3 is 1. The van der Waals surface area contributed by atoms with Crippen molar-refractivity contribution in [2.75, 3.05) is 13.7 Å². The van der Waals surface area contributed by atoms with E-state index >= 15 is 0 Å². The SMILES string of the molecule is COc1ccc(C(C)(C)CNC(C)=O)cc1Br. The van der Waals surface area contributed by atoms with Crippen molar-refractivity contribution in [1.82, 2.24) is 5.32 Å². The van der Waals surface area contributed by atoms with Gasteiger partial charge in [-0.2, -0.15) is 0 Å². The van der Waals surface area contributed by atoms with Gasteiger partial charge >= 0.3 is 0 Å². The summed E-state index contributed by atoms with van der Waals surface area (Å²) < 4.78 is 6.12. The Balaban J connectivity index is 2.90. The summed E-state index contributed by atoms with van der Waals surface area (Å²) in [6.07, 6.45) is 0. The van der Waals surface area contributed by atoms with Crippen molar-refractivity contribution in [2.45, 2.75) is 26.2 Å². The summed E-state index contributed by atoms with van der Waals surface area (Å²) in [5.41, 5.74) is 1.04. The van der Waals surface area contributed by atoms with Crippen molar-refractivity contribution < 1.29 is 9.53 Å². The summed E-state index contributed by atoms with van der Waals surface area (Å²) in [5, 5.41) is 2.85. The molecule has 1 aromatic carbocycles. The smallest absolute Gasteiger partial charge is 0.216 e. The van der Waals surface area contributed by atoms with Crippen LogP contribution in [0.1, 0.15) is 26.3 Å². The molecule has 0 aliphatic rings. The minimum Gasteiger partial charge on any atom is -0.496 e. The van der Waals surface area contributed by atoms with Gasteiger partial charge in [0, 0.05) is 18.9 Å². The number of benzene rings is 1. The van der Waals surface area contributed by atoms with Crippen LogP contribution in [0.2, 0.25) is 0 Å². The number of carbonyl (C=O) groups excluding carboxylic acids is 1. The van der Waals surface area contributed by atoms with Gasteiger partial charge in [-0.3, -0.25) is 4.79 Å². The van der Waals surface area contributed by atoms with Gasteiger partial charge in [0.25, 0.3) is 0 Å². The number of ether oxygens (including phenoxy) is 1. The predicted octanol–water partition coefficient (Wildman–Crippen LogP) is 2.87. The zero-order valence-corrected chi connectivity index (χ0v) is 12.2. The Morgan fingerprint density at radius 1 is 1.47 bits per heavy atom. The molecule has 0 fully saturated rings. The molecule has 0 bridgehead atoms. The monoisotopic (exact) mass is 299 g/mol. The lowest BCUT2D eigenvalue weighted by atomic mass is 9.84. The van der Waals surface area contributed by atoms with E-state index in [0.717, 1.165) is 15.8 Å². The third kappa shape index (κ3) is 3.73. The molecule has 0 aliphatic heterocycles. The molecule has 0 spiro atoms. The molecule has 0 unspecified atom stereocenters. The molecule has 0 heterocycles. The van der Waals surface area contributed by atoms with Crippen LogP contribution in [0, 0.1) is 0 Å². The fourth-order valence-corrected chi connectivity index (χ4v) is 2.08. The largest absolute Gasteiger partial charge is 0.496 e. The van der Waals surface area contributed by atoms with Crippen molar-refractivity contribution >= 4 is 21.8 Å². The number of amides is 1. The van der Waals surface area contributed by atoms with Crippen LogP contribution in [0.4, 0.5) is 0 Å². The van der Waals surface area contributed by atoms with Gasteiger partial charge in [-0.25, -0.2) is 0 Å². The van der Waals surface area contributed by atoms with E-state index in [9.17, 15) is 4.79 Å². The predicted molar refractivity (Wildman–Crippen MR) is 72.4 cm³/mol. The molecule has 1 N–H and O–H groups in total. The Labute approximate surface area is 111 Å². The van der Waals surface area contributed by atoms with Gasteiger partial charge in [-0.15, -0.1) is 0 Å². The highest BCUT2D eigenvalue weighted by Gasteiger charge is 2.21. The average molecular weight is 300 g/mol. The van der Waals surface area contributed by atoms with Gasteiger partial charge in [0.1, 0.15) is 5.75 Å². The fraction of sp³-hybridized carbons (Fsp3) is 0.462. The molecule has 94 valence electrons. The van der Waals surface area contributed by atoms with Crippen molar-refractivity contribution in [1.29, 1.82) is 0 Å². The topological polar surface area (TPSA) is 38.3 Å². The standard InChI is InChI=1S/C13H18BrNO2/c1-9(16)15-8-13(2,3)10-5-6-12(17-4)11(14)7-10/h5-7H,8H2,1-4H3,(H,15,16). The van der Waals surface area contributed by atoms with Crippen LogP contribution < -0.4 is 10.1 Å². The third-order valence-electron chi connectivity index (χ3n) is 2.71. The second-order valence-corrected chi connectivity index (χ2v) is 5.50. The molecule has 0 aliphatic carbocycles. The highest BCUT2D eigenvalue weighted by Crippen LogP contribution is 2.31. The summed E-state index contributed by atoms with van der Waals surface area (Å²) in [6, 6.07) is 5.97. The molecule has 0 aromatic heterocycles. The number of hydrogen-bond donors (Lipinski definition) is 1. The summed E-state index contributed by atoms with van der Waals surface area (Å²) in [4.78, 5) is 10.9. The molecule has 1 amide bonds. The van der Waals surface area contributed by atoms with Crippen LogP contribution in [-0.2, 0) is 10.2 Å². The third-order valence-corrected chi connectivity index (χ3v) is 3.33. The molecule has 3 nitrogen and oxygen atoms in total. The quantitative estimate of drug-likeness (QED) is 0.928. The second kappa shape index (κ2) is 5.54. The number of carbonyl (C=O) groups is 1. The first kappa shape index (κ1) is 14.0. The minimum absolute atomic E-state index is 0.00866. The summed E-state index contributed by atoms with van der Waals surface area (Å²) in [6.45, 7) is 6.33. The van der Waals surface area contributed by atoms with Crippen molar-refractivity contribution in [3.05, 3.63) is 28.2 Å². The lowest BCUT2D eigenvalue weighted by Gasteiger charge is -2.26. The Kier molecular flexibility index (Phi) is 4.57. The molecule has 0 saturated heterocycles. The van der Waals surface area contributed by atoms with Crippen molar-refractivity contribution in [2.24, 2.45) is 0 Å². The van der Waals surface area contributed by atoms with E-state index in [2.05, 4.69) is 35.1 Å². The highest BCUT2D eigenvalue weighted by molar-refractivity contribution is 9.10. The van der Waals surface area contributed by atoms with Gasteiger partial charge in [0.05, 0.1) is 11.6 Å². The van der Waals surface area contributed by atoms with Gasteiger partial charge in [-0.05, 0) is 33.6 Å². The second-order valence-electron chi connectivity index (χ2n) is 4.64. The van der Waals surface area contributed by atoms with Gasteiger partial charge in [0.15, 0.2) is 0 Å². The lowest BCUT2D eigenvalue weighted by Crippen LogP contribution is -2.35. The van der Waals surface area contributed by atoms with Crippen molar-refractivity contribution in [3.63, 3.8) is 0 Å². The van der Waals surface area contributed by atoms with E-state index in [1.54, 1.807) is 7.11 Å². The molecule has 1 aromatic rings. The molecule has 4 heteroatoms. The van der Waals surface area contributed by atoms with E-state index in [0.29, 0.717) is 6.54 Å². The number of rotatable bonds is 4. The van der Waals surface area contributed by atoms with Crippen LogP contribution in [0.15, 0.2) is 22.7 Å². The Bertz CT molecular complexity index is 416. The van der Waals surface area contributed by atoms with E-state index in [-0.39, 0.29) is 11.3 Å². The summed E-state index contributed by atoms with van der Waals surface area (Å²) in [5.74, 6) is 0.801. The normalized spacial score (nSPS) is 11.1. The zero-order chi connectivity index (χ0) is 13.1. The van der Waals surface area contributed by atoms with Crippen LogP contribution in [0.25, 0.3) is 0 Å².